The highest BCUT2D eigenvalue weighted by Gasteiger charge is 2.22. The molecule has 116 valence electrons. The fourth-order valence-corrected chi connectivity index (χ4v) is 3.31. The van der Waals surface area contributed by atoms with Gasteiger partial charge in [0.2, 0.25) is 0 Å². The summed E-state index contributed by atoms with van der Waals surface area (Å²) in [5.41, 5.74) is 1.00. The maximum Gasteiger partial charge on any atom is 0.258 e. The van der Waals surface area contributed by atoms with Crippen molar-refractivity contribution in [2.75, 3.05) is 19.8 Å². The summed E-state index contributed by atoms with van der Waals surface area (Å²) in [7, 11) is -3.52. The lowest BCUT2D eigenvalue weighted by molar-refractivity contribution is 0.186. The second kappa shape index (κ2) is 6.39. The Morgan fingerprint density at radius 3 is 2.76 bits per heavy atom. The minimum atomic E-state index is -3.52. The second-order valence-corrected chi connectivity index (χ2v) is 7.46. The predicted octanol–water partition coefficient (Wildman–Crippen LogP) is 0.648. The molecule has 0 spiro atoms. The molecule has 0 bridgehead atoms. The second-order valence-electron chi connectivity index (χ2n) is 5.74. The van der Waals surface area contributed by atoms with Gasteiger partial charge in [-0.15, -0.1) is 0 Å². The Bertz CT molecular complexity index is 564. The molecule has 1 unspecified atom stereocenters. The number of ether oxygens (including phenoxy) is 1. The van der Waals surface area contributed by atoms with Gasteiger partial charge in [-0.05, 0) is 36.8 Å². The molecular weight excluding hydrogens is 290 g/mol. The zero-order valence-electron chi connectivity index (χ0n) is 11.9. The van der Waals surface area contributed by atoms with E-state index >= 15 is 0 Å². The van der Waals surface area contributed by atoms with Crippen molar-refractivity contribution in [3.05, 3.63) is 23.9 Å². The number of pyridine rings is 1. The zero-order valence-corrected chi connectivity index (χ0v) is 12.7. The zero-order chi connectivity index (χ0) is 14.7. The topological polar surface area (TPSA) is 80.3 Å². The Morgan fingerprint density at radius 2 is 2.14 bits per heavy atom. The van der Waals surface area contributed by atoms with Crippen LogP contribution in [0.1, 0.15) is 24.8 Å². The van der Waals surface area contributed by atoms with Crippen LogP contribution in [0.25, 0.3) is 0 Å². The first-order chi connectivity index (χ1) is 10.1. The van der Waals surface area contributed by atoms with E-state index in [0.29, 0.717) is 25.8 Å². The third-order valence-corrected chi connectivity index (χ3v) is 5.17. The Balaban J connectivity index is 1.55. The largest absolute Gasteiger partial charge is 0.381 e. The van der Waals surface area contributed by atoms with Crippen LogP contribution in [0.15, 0.2) is 23.4 Å². The minimum Gasteiger partial charge on any atom is -0.381 e. The van der Waals surface area contributed by atoms with E-state index < -0.39 is 10.0 Å². The summed E-state index contributed by atoms with van der Waals surface area (Å²) in [6.45, 7) is 2.49. The standard InChI is InChI=1S/C14H21N3O3S/c18-21(19,17-9-12-5-6-20-10-12)14-4-1-11(8-16-14)7-15-13-2-3-13/h1,4,8,12-13,15,17H,2-3,5-7,9-10H2. The Labute approximate surface area is 125 Å². The maximum absolute atomic E-state index is 12.1. The molecule has 2 heterocycles. The molecule has 2 N–H and O–H groups in total. The number of hydrogen-bond acceptors (Lipinski definition) is 5. The van der Waals surface area contributed by atoms with Crippen molar-refractivity contribution in [1.29, 1.82) is 0 Å². The lowest BCUT2D eigenvalue weighted by atomic mass is 10.1. The van der Waals surface area contributed by atoms with Crippen molar-refractivity contribution in [2.45, 2.75) is 36.9 Å². The van der Waals surface area contributed by atoms with Crippen LogP contribution in [-0.2, 0) is 21.3 Å². The highest BCUT2D eigenvalue weighted by molar-refractivity contribution is 7.89. The van der Waals surface area contributed by atoms with Crippen molar-refractivity contribution in [3.8, 4) is 0 Å². The van der Waals surface area contributed by atoms with E-state index in [-0.39, 0.29) is 10.9 Å². The number of sulfonamides is 1. The normalized spacial score (nSPS) is 22.6. The molecule has 1 saturated heterocycles. The highest BCUT2D eigenvalue weighted by Crippen LogP contribution is 2.19. The van der Waals surface area contributed by atoms with Crippen LogP contribution in [-0.4, -0.2) is 39.2 Å². The van der Waals surface area contributed by atoms with E-state index in [1.165, 1.54) is 12.8 Å². The molecule has 1 aliphatic heterocycles. The van der Waals surface area contributed by atoms with Crippen LogP contribution < -0.4 is 10.0 Å². The number of aromatic nitrogens is 1. The molecule has 21 heavy (non-hydrogen) atoms. The number of rotatable bonds is 7. The molecule has 1 atom stereocenters. The number of hydrogen-bond donors (Lipinski definition) is 2. The molecule has 2 fully saturated rings. The van der Waals surface area contributed by atoms with Crippen LogP contribution in [0.4, 0.5) is 0 Å². The van der Waals surface area contributed by atoms with Gasteiger partial charge in [0.1, 0.15) is 0 Å². The Kier molecular flexibility index (Phi) is 4.54. The average molecular weight is 311 g/mol. The quantitative estimate of drug-likeness (QED) is 0.773. The van der Waals surface area contributed by atoms with E-state index in [1.807, 2.05) is 6.07 Å². The molecule has 0 amide bonds. The van der Waals surface area contributed by atoms with Gasteiger partial charge in [-0.1, -0.05) is 6.07 Å². The highest BCUT2D eigenvalue weighted by atomic mass is 32.2. The smallest absolute Gasteiger partial charge is 0.258 e. The number of nitrogens with one attached hydrogen (secondary N) is 2. The van der Waals surface area contributed by atoms with Crippen molar-refractivity contribution >= 4 is 10.0 Å². The molecular formula is C14H21N3O3S. The molecule has 7 heteroatoms. The molecule has 2 aliphatic rings. The lowest BCUT2D eigenvalue weighted by Crippen LogP contribution is -2.30. The minimum absolute atomic E-state index is 0.0802. The van der Waals surface area contributed by atoms with Crippen LogP contribution in [0.2, 0.25) is 0 Å². The SMILES string of the molecule is O=S(=O)(NCC1CCOC1)c1ccc(CNC2CC2)cn1. The molecule has 1 aromatic rings. The lowest BCUT2D eigenvalue weighted by Gasteiger charge is -2.10. The summed E-state index contributed by atoms with van der Waals surface area (Å²) >= 11 is 0. The fraction of sp³-hybridized carbons (Fsp3) is 0.643. The number of nitrogens with zero attached hydrogens (tertiary/aromatic N) is 1. The van der Waals surface area contributed by atoms with Crippen molar-refractivity contribution in [3.63, 3.8) is 0 Å². The third kappa shape index (κ3) is 4.23. The van der Waals surface area contributed by atoms with E-state index in [9.17, 15) is 8.42 Å². The Hall–Kier alpha value is -1.02. The van der Waals surface area contributed by atoms with Crippen molar-refractivity contribution in [1.82, 2.24) is 15.0 Å². The molecule has 1 saturated carbocycles. The summed E-state index contributed by atoms with van der Waals surface area (Å²) < 4.78 is 32.1. The summed E-state index contributed by atoms with van der Waals surface area (Å²) in [5.74, 6) is 0.266. The van der Waals surface area contributed by atoms with Gasteiger partial charge in [0.15, 0.2) is 5.03 Å². The summed E-state index contributed by atoms with van der Waals surface area (Å²) in [4.78, 5) is 4.07. The van der Waals surface area contributed by atoms with Crippen LogP contribution >= 0.6 is 0 Å². The van der Waals surface area contributed by atoms with Gasteiger partial charge in [0, 0.05) is 31.9 Å². The summed E-state index contributed by atoms with van der Waals surface area (Å²) in [6.07, 6.45) is 4.99. The molecule has 3 rings (SSSR count). The van der Waals surface area contributed by atoms with Gasteiger partial charge in [-0.2, -0.15) is 0 Å². The maximum atomic E-state index is 12.1. The van der Waals surface area contributed by atoms with E-state index in [2.05, 4.69) is 15.0 Å². The van der Waals surface area contributed by atoms with Gasteiger partial charge >= 0.3 is 0 Å². The fourth-order valence-electron chi connectivity index (χ4n) is 2.27. The molecule has 1 aliphatic carbocycles. The van der Waals surface area contributed by atoms with E-state index in [4.69, 9.17) is 4.74 Å². The first-order valence-corrected chi connectivity index (χ1v) is 8.87. The van der Waals surface area contributed by atoms with Crippen LogP contribution in [0.5, 0.6) is 0 Å². The molecule has 6 nitrogen and oxygen atoms in total. The third-order valence-electron chi connectivity index (χ3n) is 3.83. The van der Waals surface area contributed by atoms with Gasteiger partial charge in [-0.3, -0.25) is 0 Å². The van der Waals surface area contributed by atoms with E-state index in [0.717, 1.165) is 18.5 Å². The summed E-state index contributed by atoms with van der Waals surface area (Å²) in [5, 5.41) is 3.45. The van der Waals surface area contributed by atoms with Crippen LogP contribution in [0.3, 0.4) is 0 Å². The van der Waals surface area contributed by atoms with Crippen LogP contribution in [0, 0.1) is 5.92 Å². The molecule has 0 aromatic carbocycles. The predicted molar refractivity (Wildman–Crippen MR) is 78.2 cm³/mol. The Morgan fingerprint density at radius 1 is 1.29 bits per heavy atom. The molecule has 0 radical (unpaired) electrons. The average Bonchev–Trinajstić information content (AvgIpc) is 3.17. The van der Waals surface area contributed by atoms with Gasteiger partial charge in [0.25, 0.3) is 10.0 Å². The van der Waals surface area contributed by atoms with Gasteiger partial charge < -0.3 is 10.1 Å². The van der Waals surface area contributed by atoms with E-state index in [1.54, 1.807) is 12.3 Å². The van der Waals surface area contributed by atoms with Crippen molar-refractivity contribution < 1.29 is 13.2 Å². The molecule has 1 aromatic heterocycles. The first kappa shape index (κ1) is 14.9. The van der Waals surface area contributed by atoms with Gasteiger partial charge in [-0.25, -0.2) is 18.1 Å². The van der Waals surface area contributed by atoms with Gasteiger partial charge in [0.05, 0.1) is 6.61 Å². The van der Waals surface area contributed by atoms with Crippen molar-refractivity contribution in [2.24, 2.45) is 5.92 Å². The summed E-state index contributed by atoms with van der Waals surface area (Å²) in [6, 6.07) is 4.01. The monoisotopic (exact) mass is 311 g/mol. The first-order valence-electron chi connectivity index (χ1n) is 7.39.